The molecule has 1 atom stereocenters. The lowest BCUT2D eigenvalue weighted by atomic mass is 9.87. The molecule has 6 nitrogen and oxygen atoms in total. The molecule has 3 amide bonds. The van der Waals surface area contributed by atoms with Gasteiger partial charge in [-0.2, -0.15) is 0 Å². The zero-order valence-electron chi connectivity index (χ0n) is 17.8. The second-order valence-corrected chi connectivity index (χ2v) is 7.78. The standard InChI is InChI=1S/C25H24N2O4/c1-4-31-22-13-12-18(16(2)28)14-19(22)15-27-23(29)25(3,26-24(27)30)21-11-7-9-17-8-5-6-10-20(17)21/h5-14H,4,15H2,1-3H3,(H,26,30)/t25-/m1/s1. The minimum atomic E-state index is -1.19. The van der Waals surface area contributed by atoms with Crippen molar-refractivity contribution in [1.82, 2.24) is 10.2 Å². The zero-order chi connectivity index (χ0) is 22.2. The van der Waals surface area contributed by atoms with Gasteiger partial charge in [0, 0.05) is 11.1 Å². The number of fused-ring (bicyclic) bond motifs is 1. The third-order valence-electron chi connectivity index (χ3n) is 5.70. The maximum absolute atomic E-state index is 13.5. The van der Waals surface area contributed by atoms with Crippen LogP contribution in [0.15, 0.2) is 60.7 Å². The van der Waals surface area contributed by atoms with Gasteiger partial charge in [-0.05, 0) is 55.3 Å². The Hall–Kier alpha value is -3.67. The molecular weight excluding hydrogens is 392 g/mol. The lowest BCUT2D eigenvalue weighted by molar-refractivity contribution is -0.131. The van der Waals surface area contributed by atoms with Gasteiger partial charge in [0.1, 0.15) is 11.3 Å². The van der Waals surface area contributed by atoms with Gasteiger partial charge in [-0.3, -0.25) is 14.5 Å². The Kier molecular flexibility index (Phi) is 5.23. The van der Waals surface area contributed by atoms with Crippen LogP contribution in [0.2, 0.25) is 0 Å². The number of Topliss-reactive ketones (excluding diaryl/α,β-unsaturated/α-hetero) is 1. The van der Waals surface area contributed by atoms with Gasteiger partial charge in [0.2, 0.25) is 0 Å². The van der Waals surface area contributed by atoms with E-state index in [4.69, 9.17) is 4.74 Å². The van der Waals surface area contributed by atoms with Gasteiger partial charge in [0.25, 0.3) is 5.91 Å². The van der Waals surface area contributed by atoms with Crippen molar-refractivity contribution in [3.05, 3.63) is 77.4 Å². The van der Waals surface area contributed by atoms with Crippen LogP contribution in [0.25, 0.3) is 10.8 Å². The van der Waals surface area contributed by atoms with E-state index in [9.17, 15) is 14.4 Å². The van der Waals surface area contributed by atoms with E-state index in [1.807, 2.05) is 49.4 Å². The van der Waals surface area contributed by atoms with E-state index in [1.54, 1.807) is 25.1 Å². The van der Waals surface area contributed by atoms with Crippen LogP contribution >= 0.6 is 0 Å². The number of nitrogens with one attached hydrogen (secondary N) is 1. The molecule has 1 fully saturated rings. The number of hydrogen-bond donors (Lipinski definition) is 1. The highest BCUT2D eigenvalue weighted by Gasteiger charge is 2.49. The normalized spacial score (nSPS) is 18.4. The summed E-state index contributed by atoms with van der Waals surface area (Å²) in [6.45, 7) is 5.50. The lowest BCUT2D eigenvalue weighted by Crippen LogP contribution is -2.41. The molecule has 0 spiro atoms. The molecule has 1 N–H and O–H groups in total. The van der Waals surface area contributed by atoms with Gasteiger partial charge in [-0.25, -0.2) is 4.79 Å². The zero-order valence-corrected chi connectivity index (χ0v) is 17.8. The van der Waals surface area contributed by atoms with Gasteiger partial charge in [-0.1, -0.05) is 42.5 Å². The Morgan fingerprint density at radius 3 is 2.55 bits per heavy atom. The molecule has 0 saturated carbocycles. The first-order chi connectivity index (χ1) is 14.8. The van der Waals surface area contributed by atoms with Crippen LogP contribution in [0, 0.1) is 0 Å². The summed E-state index contributed by atoms with van der Waals surface area (Å²) < 4.78 is 5.67. The highest BCUT2D eigenvalue weighted by molar-refractivity contribution is 6.09. The van der Waals surface area contributed by atoms with Crippen molar-refractivity contribution < 1.29 is 19.1 Å². The number of benzene rings is 3. The highest BCUT2D eigenvalue weighted by atomic mass is 16.5. The molecule has 3 aromatic rings. The quantitative estimate of drug-likeness (QED) is 0.477. The molecule has 4 rings (SSSR count). The molecule has 1 aliphatic heterocycles. The maximum atomic E-state index is 13.5. The fourth-order valence-electron chi connectivity index (χ4n) is 4.07. The Morgan fingerprint density at radius 2 is 1.81 bits per heavy atom. The highest BCUT2D eigenvalue weighted by Crippen LogP contribution is 2.35. The molecule has 3 aromatic carbocycles. The smallest absolute Gasteiger partial charge is 0.325 e. The predicted molar refractivity (Wildman–Crippen MR) is 118 cm³/mol. The topological polar surface area (TPSA) is 75.7 Å². The summed E-state index contributed by atoms with van der Waals surface area (Å²) in [5.74, 6) is 0.110. The summed E-state index contributed by atoms with van der Waals surface area (Å²) in [5, 5.41) is 4.79. The monoisotopic (exact) mass is 416 g/mol. The van der Waals surface area contributed by atoms with Crippen LogP contribution in [0.4, 0.5) is 4.79 Å². The minimum absolute atomic E-state index is 0.0154. The Labute approximate surface area is 180 Å². The Morgan fingerprint density at radius 1 is 1.06 bits per heavy atom. The van der Waals surface area contributed by atoms with Crippen LogP contribution in [0.5, 0.6) is 5.75 Å². The molecule has 0 unspecified atom stereocenters. The number of urea groups is 1. The molecule has 6 heteroatoms. The largest absolute Gasteiger partial charge is 0.494 e. The first kappa shape index (κ1) is 20.6. The van der Waals surface area contributed by atoms with E-state index in [2.05, 4.69) is 5.32 Å². The first-order valence-corrected chi connectivity index (χ1v) is 10.2. The van der Waals surface area contributed by atoms with Crippen molar-refractivity contribution >= 4 is 28.5 Å². The van der Waals surface area contributed by atoms with Gasteiger partial charge in [0.15, 0.2) is 5.78 Å². The summed E-state index contributed by atoms with van der Waals surface area (Å²) in [6, 6.07) is 18.1. The number of ketones is 1. The Balaban J connectivity index is 1.73. The summed E-state index contributed by atoms with van der Waals surface area (Å²) in [6.07, 6.45) is 0. The van der Waals surface area contributed by atoms with E-state index in [-0.39, 0.29) is 18.2 Å². The number of nitrogens with zero attached hydrogens (tertiary/aromatic N) is 1. The maximum Gasteiger partial charge on any atom is 0.325 e. The molecule has 0 bridgehead atoms. The number of rotatable bonds is 6. The SMILES string of the molecule is CCOc1ccc(C(C)=O)cc1CN1C(=O)N[C@](C)(c2cccc3ccccc23)C1=O. The van der Waals surface area contributed by atoms with E-state index in [0.29, 0.717) is 23.5 Å². The van der Waals surface area contributed by atoms with Crippen LogP contribution < -0.4 is 10.1 Å². The first-order valence-electron chi connectivity index (χ1n) is 10.2. The molecule has 0 aromatic heterocycles. The third kappa shape index (κ3) is 3.54. The molecule has 1 heterocycles. The molecule has 158 valence electrons. The number of carbonyl (C=O) groups excluding carboxylic acids is 3. The molecule has 31 heavy (non-hydrogen) atoms. The second kappa shape index (κ2) is 7.87. The fourth-order valence-corrected chi connectivity index (χ4v) is 4.07. The molecule has 1 saturated heterocycles. The lowest BCUT2D eigenvalue weighted by Gasteiger charge is -2.24. The van der Waals surface area contributed by atoms with Crippen molar-refractivity contribution in [2.75, 3.05) is 6.61 Å². The average molecular weight is 416 g/mol. The number of hydrogen-bond acceptors (Lipinski definition) is 4. The van der Waals surface area contributed by atoms with Crippen molar-refractivity contribution in [1.29, 1.82) is 0 Å². The van der Waals surface area contributed by atoms with Gasteiger partial charge in [0.05, 0.1) is 13.2 Å². The van der Waals surface area contributed by atoms with E-state index in [1.165, 1.54) is 11.8 Å². The van der Waals surface area contributed by atoms with Crippen LogP contribution in [0.1, 0.15) is 42.3 Å². The number of amides is 3. The van der Waals surface area contributed by atoms with Crippen molar-refractivity contribution in [3.63, 3.8) is 0 Å². The van der Waals surface area contributed by atoms with Crippen molar-refractivity contribution in [2.24, 2.45) is 0 Å². The van der Waals surface area contributed by atoms with Crippen molar-refractivity contribution in [2.45, 2.75) is 32.9 Å². The summed E-state index contributed by atoms with van der Waals surface area (Å²) in [5.41, 5.74) is 0.665. The minimum Gasteiger partial charge on any atom is -0.494 e. The van der Waals surface area contributed by atoms with Crippen molar-refractivity contribution in [3.8, 4) is 5.75 Å². The fraction of sp³-hybridized carbons (Fsp3) is 0.240. The third-order valence-corrected chi connectivity index (χ3v) is 5.70. The van der Waals surface area contributed by atoms with Crippen LogP contribution in [-0.2, 0) is 16.9 Å². The van der Waals surface area contributed by atoms with Gasteiger partial charge >= 0.3 is 6.03 Å². The number of ether oxygens (including phenoxy) is 1. The van der Waals surface area contributed by atoms with Crippen LogP contribution in [0.3, 0.4) is 0 Å². The Bertz CT molecular complexity index is 1200. The average Bonchev–Trinajstić information content (AvgIpc) is 2.98. The second-order valence-electron chi connectivity index (χ2n) is 7.78. The van der Waals surface area contributed by atoms with Gasteiger partial charge < -0.3 is 10.1 Å². The summed E-state index contributed by atoms with van der Waals surface area (Å²) >= 11 is 0. The van der Waals surface area contributed by atoms with Gasteiger partial charge in [-0.15, -0.1) is 0 Å². The van der Waals surface area contributed by atoms with E-state index in [0.717, 1.165) is 16.3 Å². The van der Waals surface area contributed by atoms with Crippen LogP contribution in [-0.4, -0.2) is 29.2 Å². The van der Waals surface area contributed by atoms with E-state index >= 15 is 0 Å². The molecule has 0 radical (unpaired) electrons. The predicted octanol–water partition coefficient (Wildman–Crippen LogP) is 4.41. The molecule has 0 aliphatic carbocycles. The summed E-state index contributed by atoms with van der Waals surface area (Å²) in [7, 11) is 0. The molecular formula is C25H24N2O4. The number of carbonyl (C=O) groups is 3. The molecule has 1 aliphatic rings. The number of imide groups is 1. The van der Waals surface area contributed by atoms with E-state index < -0.39 is 11.6 Å². The summed E-state index contributed by atoms with van der Waals surface area (Å²) in [4.78, 5) is 39.4.